The van der Waals surface area contributed by atoms with Crippen molar-refractivity contribution in [1.29, 1.82) is 0 Å². The average Bonchev–Trinajstić information content (AvgIpc) is 2.95. The smallest absolute Gasteiger partial charge is 0.323 e. The molecule has 0 atom stereocenters. The molecule has 0 unspecified atom stereocenters. The molecule has 2 aromatic rings. The predicted molar refractivity (Wildman–Crippen MR) is 57.5 cm³/mol. The second-order valence-corrected chi connectivity index (χ2v) is 3.45. The van der Waals surface area contributed by atoms with Crippen LogP contribution in [0.2, 0.25) is 0 Å². The molecule has 0 aromatic carbocycles. The van der Waals surface area contributed by atoms with Gasteiger partial charge in [0.1, 0.15) is 12.2 Å². The number of nitrogens with zero attached hydrogens (tertiary/aromatic N) is 3. The summed E-state index contributed by atoms with van der Waals surface area (Å²) in [4.78, 5) is 26.1. The van der Waals surface area contributed by atoms with Gasteiger partial charge in [0.25, 0.3) is 5.91 Å². The van der Waals surface area contributed by atoms with E-state index in [9.17, 15) is 9.59 Å². The highest BCUT2D eigenvalue weighted by Gasteiger charge is 2.12. The summed E-state index contributed by atoms with van der Waals surface area (Å²) in [6.45, 7) is -0.147. The lowest BCUT2D eigenvalue weighted by atomic mass is 10.4. The number of hydrogen-bond acceptors (Lipinski definition) is 5. The van der Waals surface area contributed by atoms with Crippen molar-refractivity contribution in [2.45, 2.75) is 13.1 Å². The number of aromatic nitrogens is 3. The first-order valence-electron chi connectivity index (χ1n) is 5.07. The molecule has 0 saturated heterocycles. The Labute approximate surface area is 101 Å². The van der Waals surface area contributed by atoms with Crippen molar-refractivity contribution in [2.24, 2.45) is 0 Å². The van der Waals surface area contributed by atoms with Crippen molar-refractivity contribution in [3.63, 3.8) is 0 Å². The monoisotopic (exact) mass is 250 g/mol. The molecule has 0 bridgehead atoms. The average molecular weight is 250 g/mol. The minimum absolute atomic E-state index is 0.119. The van der Waals surface area contributed by atoms with E-state index in [2.05, 4.69) is 20.0 Å². The Balaban J connectivity index is 2.00. The third-order valence-electron chi connectivity index (χ3n) is 2.18. The summed E-state index contributed by atoms with van der Waals surface area (Å²) in [5.41, 5.74) is 0.265. The van der Waals surface area contributed by atoms with Crippen molar-refractivity contribution in [3.05, 3.63) is 36.2 Å². The van der Waals surface area contributed by atoms with Crippen LogP contribution < -0.4 is 5.32 Å². The molecule has 2 rings (SSSR count). The third-order valence-corrected chi connectivity index (χ3v) is 2.18. The molecule has 0 spiro atoms. The molecule has 1 amide bonds. The van der Waals surface area contributed by atoms with Crippen molar-refractivity contribution in [1.82, 2.24) is 20.0 Å². The highest BCUT2D eigenvalue weighted by Crippen LogP contribution is 2.02. The number of carbonyl (C=O) groups is 2. The van der Waals surface area contributed by atoms with Crippen molar-refractivity contribution in [3.8, 4) is 0 Å². The van der Waals surface area contributed by atoms with Crippen LogP contribution in [0.3, 0.4) is 0 Å². The number of carbonyl (C=O) groups excluding carboxylic acids is 1. The van der Waals surface area contributed by atoms with Gasteiger partial charge in [-0.1, -0.05) is 5.16 Å². The number of nitrogens with one attached hydrogen (secondary N) is 1. The largest absolute Gasteiger partial charge is 0.480 e. The second kappa shape index (κ2) is 5.13. The molecule has 2 heterocycles. The first-order valence-corrected chi connectivity index (χ1v) is 5.07. The lowest BCUT2D eigenvalue weighted by molar-refractivity contribution is -0.137. The van der Waals surface area contributed by atoms with Gasteiger partial charge in [-0.2, -0.15) is 4.98 Å². The number of rotatable bonds is 5. The molecule has 94 valence electrons. The summed E-state index contributed by atoms with van der Waals surface area (Å²) in [5.74, 6) is -1.07. The van der Waals surface area contributed by atoms with E-state index in [-0.39, 0.29) is 18.8 Å². The van der Waals surface area contributed by atoms with Gasteiger partial charge < -0.3 is 19.5 Å². The van der Waals surface area contributed by atoms with E-state index >= 15 is 0 Å². The highest BCUT2D eigenvalue weighted by molar-refractivity contribution is 5.93. The van der Waals surface area contributed by atoms with Crippen LogP contribution in [0.5, 0.6) is 0 Å². The van der Waals surface area contributed by atoms with Gasteiger partial charge in [-0.15, -0.1) is 0 Å². The van der Waals surface area contributed by atoms with E-state index in [0.29, 0.717) is 5.82 Å². The standard InChI is InChI=1S/C10H10N4O4/c15-9(16)5-14-3-1-2-7(14)10(17)11-4-8-12-6-18-13-8/h1-3,6H,4-5H2,(H,11,17)(H,15,16). The summed E-state index contributed by atoms with van der Waals surface area (Å²) in [7, 11) is 0. The lowest BCUT2D eigenvalue weighted by Crippen LogP contribution is -2.26. The van der Waals surface area contributed by atoms with Gasteiger partial charge in [0.05, 0.1) is 6.54 Å². The SMILES string of the molecule is O=C(O)Cn1cccc1C(=O)NCc1ncon1. The van der Waals surface area contributed by atoms with Gasteiger partial charge in [0, 0.05) is 6.20 Å². The van der Waals surface area contributed by atoms with Gasteiger partial charge >= 0.3 is 5.97 Å². The Morgan fingerprint density at radius 2 is 2.33 bits per heavy atom. The van der Waals surface area contributed by atoms with Crippen LogP contribution in [0.25, 0.3) is 0 Å². The zero-order chi connectivity index (χ0) is 13.0. The molecule has 8 nitrogen and oxygen atoms in total. The maximum absolute atomic E-state index is 11.8. The Bertz CT molecular complexity index is 546. The second-order valence-electron chi connectivity index (χ2n) is 3.45. The molecule has 2 N–H and O–H groups in total. The molecular formula is C10H10N4O4. The Hall–Kier alpha value is -2.64. The topological polar surface area (TPSA) is 110 Å². The van der Waals surface area contributed by atoms with E-state index in [1.54, 1.807) is 6.07 Å². The van der Waals surface area contributed by atoms with Crippen LogP contribution in [0.1, 0.15) is 16.3 Å². The maximum Gasteiger partial charge on any atom is 0.323 e. The molecular weight excluding hydrogens is 240 g/mol. The number of hydrogen-bond donors (Lipinski definition) is 2. The zero-order valence-electron chi connectivity index (χ0n) is 9.24. The van der Waals surface area contributed by atoms with Crippen molar-refractivity contribution in [2.75, 3.05) is 0 Å². The fourth-order valence-electron chi connectivity index (χ4n) is 1.42. The van der Waals surface area contributed by atoms with E-state index < -0.39 is 11.9 Å². The van der Waals surface area contributed by atoms with Crippen molar-refractivity contribution < 1.29 is 19.2 Å². The van der Waals surface area contributed by atoms with Crippen LogP contribution in [0.4, 0.5) is 0 Å². The first kappa shape index (κ1) is 11.8. The first-order chi connectivity index (χ1) is 8.66. The molecule has 0 aliphatic carbocycles. The highest BCUT2D eigenvalue weighted by atomic mass is 16.5. The maximum atomic E-state index is 11.8. The van der Waals surface area contributed by atoms with Crippen LogP contribution in [0, 0.1) is 0 Å². The molecule has 2 aromatic heterocycles. The summed E-state index contributed by atoms with van der Waals surface area (Å²) in [6, 6.07) is 3.14. The minimum Gasteiger partial charge on any atom is -0.480 e. The number of carboxylic acid groups (broad SMARTS) is 1. The quantitative estimate of drug-likeness (QED) is 0.765. The molecule has 0 saturated carbocycles. The van der Waals surface area contributed by atoms with Gasteiger partial charge in [0.15, 0.2) is 5.82 Å². The normalized spacial score (nSPS) is 10.2. The summed E-state index contributed by atoms with van der Waals surface area (Å²) >= 11 is 0. The molecule has 0 fully saturated rings. The van der Waals surface area contributed by atoms with Crippen LogP contribution in [0.15, 0.2) is 29.2 Å². The Kier molecular flexibility index (Phi) is 3.37. The lowest BCUT2D eigenvalue weighted by Gasteiger charge is -2.06. The fourth-order valence-corrected chi connectivity index (χ4v) is 1.42. The fraction of sp³-hybridized carbons (Fsp3) is 0.200. The van der Waals surface area contributed by atoms with Gasteiger partial charge in [-0.3, -0.25) is 9.59 Å². The Morgan fingerprint density at radius 1 is 1.50 bits per heavy atom. The third kappa shape index (κ3) is 2.73. The number of carboxylic acids is 1. The van der Waals surface area contributed by atoms with Crippen LogP contribution >= 0.6 is 0 Å². The van der Waals surface area contributed by atoms with Crippen LogP contribution in [-0.2, 0) is 17.9 Å². The molecule has 18 heavy (non-hydrogen) atoms. The zero-order valence-corrected chi connectivity index (χ0v) is 9.24. The predicted octanol–water partition coefficient (Wildman–Crippen LogP) is -0.114. The molecule has 0 aliphatic heterocycles. The van der Waals surface area contributed by atoms with Gasteiger partial charge in [0.2, 0.25) is 6.39 Å². The number of amides is 1. The number of aliphatic carboxylic acids is 1. The van der Waals surface area contributed by atoms with E-state index in [1.807, 2.05) is 0 Å². The molecule has 0 aliphatic rings. The van der Waals surface area contributed by atoms with E-state index in [1.165, 1.54) is 16.8 Å². The van der Waals surface area contributed by atoms with Crippen molar-refractivity contribution >= 4 is 11.9 Å². The minimum atomic E-state index is -1.02. The molecule has 8 heteroatoms. The summed E-state index contributed by atoms with van der Waals surface area (Å²) in [6.07, 6.45) is 2.69. The summed E-state index contributed by atoms with van der Waals surface area (Å²) in [5, 5.41) is 14.8. The molecule has 0 radical (unpaired) electrons. The Morgan fingerprint density at radius 3 is 3.00 bits per heavy atom. The van der Waals surface area contributed by atoms with Gasteiger partial charge in [-0.05, 0) is 12.1 Å². The van der Waals surface area contributed by atoms with E-state index in [4.69, 9.17) is 5.11 Å². The van der Waals surface area contributed by atoms with E-state index in [0.717, 1.165) is 6.39 Å². The van der Waals surface area contributed by atoms with Gasteiger partial charge in [-0.25, -0.2) is 0 Å². The summed E-state index contributed by atoms with van der Waals surface area (Å²) < 4.78 is 5.86. The van der Waals surface area contributed by atoms with Crippen LogP contribution in [-0.4, -0.2) is 31.7 Å².